The quantitative estimate of drug-likeness (QED) is 0.186. The number of unbranched alkanes of at least 4 members (excludes halogenated alkanes) is 1. The van der Waals surface area contributed by atoms with Crippen LogP contribution in [0.3, 0.4) is 0 Å². The molecule has 1 aliphatic heterocycles. The van der Waals surface area contributed by atoms with E-state index in [2.05, 4.69) is 10.6 Å². The lowest BCUT2D eigenvalue weighted by molar-refractivity contribution is -0.150. The molecule has 1 fully saturated rings. The number of hydrogen-bond donors (Lipinski definition) is 6. The molecule has 0 aromatic rings. The molecule has 1 aliphatic rings. The molecule has 5 atom stereocenters. The number of amides is 3. The van der Waals surface area contributed by atoms with Gasteiger partial charge in [-0.15, -0.1) is 0 Å². The van der Waals surface area contributed by atoms with Crippen molar-refractivity contribution in [3.8, 4) is 0 Å². The Labute approximate surface area is 182 Å². The standard InChI is InChI=1S/C20H37N5O6/c1-3-12(2)16(22)18(28)23-13(7-4-5-9-21)17(27)24-14(11-26)19(29)25-10-6-8-15(25)20(30)31/h12-16,26H,3-11,21-22H2,1-2H3,(H,23,28)(H,24,27)(H,30,31). The van der Waals surface area contributed by atoms with Crippen molar-refractivity contribution in [3.05, 3.63) is 0 Å². The number of likely N-dealkylation sites (tertiary alicyclic amines) is 1. The Morgan fingerprint density at radius 2 is 1.77 bits per heavy atom. The zero-order valence-corrected chi connectivity index (χ0v) is 18.4. The number of carbonyl (C=O) groups excluding carboxylic acids is 3. The van der Waals surface area contributed by atoms with Gasteiger partial charge in [0.15, 0.2) is 0 Å². The van der Waals surface area contributed by atoms with Crippen LogP contribution in [-0.2, 0) is 19.2 Å². The zero-order valence-electron chi connectivity index (χ0n) is 18.4. The number of aliphatic hydroxyl groups is 1. The van der Waals surface area contributed by atoms with Gasteiger partial charge >= 0.3 is 5.97 Å². The van der Waals surface area contributed by atoms with Crippen molar-refractivity contribution < 1.29 is 29.4 Å². The van der Waals surface area contributed by atoms with Crippen molar-refractivity contribution in [1.82, 2.24) is 15.5 Å². The highest BCUT2D eigenvalue weighted by atomic mass is 16.4. The molecule has 3 amide bonds. The fraction of sp³-hybridized carbons (Fsp3) is 0.800. The summed E-state index contributed by atoms with van der Waals surface area (Å²) in [4.78, 5) is 50.6. The molecule has 0 aromatic heterocycles. The minimum absolute atomic E-state index is 0.0809. The van der Waals surface area contributed by atoms with Crippen LogP contribution in [0.2, 0.25) is 0 Å². The fourth-order valence-electron chi connectivity index (χ4n) is 3.49. The Bertz CT molecular complexity index is 631. The summed E-state index contributed by atoms with van der Waals surface area (Å²) in [6.07, 6.45) is 3.04. The van der Waals surface area contributed by atoms with Crippen molar-refractivity contribution in [2.24, 2.45) is 17.4 Å². The summed E-state index contributed by atoms with van der Waals surface area (Å²) < 4.78 is 0. The van der Waals surface area contributed by atoms with Crippen LogP contribution in [0.5, 0.6) is 0 Å². The third-order valence-electron chi connectivity index (χ3n) is 5.76. The van der Waals surface area contributed by atoms with E-state index < -0.39 is 54.5 Å². The third-order valence-corrected chi connectivity index (χ3v) is 5.76. The monoisotopic (exact) mass is 443 g/mol. The van der Waals surface area contributed by atoms with Crippen molar-refractivity contribution in [3.63, 3.8) is 0 Å². The van der Waals surface area contributed by atoms with Crippen LogP contribution in [0.1, 0.15) is 52.4 Å². The van der Waals surface area contributed by atoms with E-state index in [0.29, 0.717) is 38.6 Å². The van der Waals surface area contributed by atoms with Crippen LogP contribution in [0.25, 0.3) is 0 Å². The molecular formula is C20H37N5O6. The van der Waals surface area contributed by atoms with Gasteiger partial charge in [0.2, 0.25) is 17.7 Å². The van der Waals surface area contributed by atoms with Gasteiger partial charge in [-0.1, -0.05) is 20.3 Å². The molecule has 1 heterocycles. The van der Waals surface area contributed by atoms with Crippen LogP contribution in [0, 0.1) is 5.92 Å². The Kier molecular flexibility index (Phi) is 11.4. The van der Waals surface area contributed by atoms with Gasteiger partial charge in [0.05, 0.1) is 12.6 Å². The van der Waals surface area contributed by atoms with E-state index in [-0.39, 0.29) is 18.9 Å². The molecule has 5 unspecified atom stereocenters. The number of carbonyl (C=O) groups is 4. The number of rotatable bonds is 13. The average molecular weight is 444 g/mol. The Balaban J connectivity index is 2.87. The number of carboxylic acids is 1. The Hall–Kier alpha value is -2.24. The van der Waals surface area contributed by atoms with E-state index in [0.717, 1.165) is 4.90 Å². The van der Waals surface area contributed by atoms with Gasteiger partial charge in [0.1, 0.15) is 18.1 Å². The lowest BCUT2D eigenvalue weighted by Gasteiger charge is -2.28. The smallest absolute Gasteiger partial charge is 0.326 e. The van der Waals surface area contributed by atoms with Crippen molar-refractivity contribution in [1.29, 1.82) is 0 Å². The summed E-state index contributed by atoms with van der Waals surface area (Å²) in [6.45, 7) is 3.72. The number of aliphatic hydroxyl groups excluding tert-OH is 1. The number of nitrogens with two attached hydrogens (primary N) is 2. The van der Waals surface area contributed by atoms with Gasteiger partial charge in [-0.2, -0.15) is 0 Å². The van der Waals surface area contributed by atoms with Crippen LogP contribution in [0.15, 0.2) is 0 Å². The van der Waals surface area contributed by atoms with Gasteiger partial charge in [0, 0.05) is 6.54 Å². The molecule has 178 valence electrons. The first-order chi connectivity index (χ1) is 14.7. The highest BCUT2D eigenvalue weighted by Crippen LogP contribution is 2.18. The first kappa shape index (κ1) is 26.8. The van der Waals surface area contributed by atoms with E-state index in [1.807, 2.05) is 13.8 Å². The predicted octanol–water partition coefficient (Wildman–Crippen LogP) is -1.47. The fourth-order valence-corrected chi connectivity index (χ4v) is 3.49. The first-order valence-electron chi connectivity index (χ1n) is 10.9. The second kappa shape index (κ2) is 13.2. The van der Waals surface area contributed by atoms with E-state index in [4.69, 9.17) is 11.5 Å². The number of nitrogens with one attached hydrogen (secondary N) is 2. The minimum atomic E-state index is -1.30. The van der Waals surface area contributed by atoms with Crippen LogP contribution >= 0.6 is 0 Å². The Morgan fingerprint density at radius 3 is 2.32 bits per heavy atom. The van der Waals surface area contributed by atoms with E-state index in [1.165, 1.54) is 0 Å². The highest BCUT2D eigenvalue weighted by molar-refractivity contribution is 5.94. The van der Waals surface area contributed by atoms with Gasteiger partial charge in [-0.25, -0.2) is 4.79 Å². The molecule has 8 N–H and O–H groups in total. The maximum absolute atomic E-state index is 12.8. The second-order valence-corrected chi connectivity index (χ2v) is 8.03. The maximum atomic E-state index is 12.8. The van der Waals surface area contributed by atoms with Crippen LogP contribution in [-0.4, -0.2) is 82.7 Å². The molecule has 0 saturated carbocycles. The summed E-state index contributed by atoms with van der Waals surface area (Å²) in [5.74, 6) is -2.98. The first-order valence-corrected chi connectivity index (χ1v) is 10.9. The molecule has 0 bridgehead atoms. The molecule has 11 heteroatoms. The zero-order chi connectivity index (χ0) is 23.6. The molecule has 0 radical (unpaired) electrons. The molecular weight excluding hydrogens is 406 g/mol. The molecule has 0 aliphatic carbocycles. The summed E-state index contributed by atoms with van der Waals surface area (Å²) in [5.41, 5.74) is 11.5. The Morgan fingerprint density at radius 1 is 1.13 bits per heavy atom. The van der Waals surface area contributed by atoms with Gasteiger partial charge in [-0.3, -0.25) is 14.4 Å². The lowest BCUT2D eigenvalue weighted by Crippen LogP contribution is -2.58. The molecule has 1 saturated heterocycles. The van der Waals surface area contributed by atoms with Gasteiger partial charge in [0.25, 0.3) is 0 Å². The molecule has 0 aromatic carbocycles. The topological polar surface area (TPSA) is 188 Å². The summed E-state index contributed by atoms with van der Waals surface area (Å²) in [5, 5.41) is 24.0. The molecule has 1 rings (SSSR count). The van der Waals surface area contributed by atoms with E-state index in [9.17, 15) is 29.4 Å². The largest absolute Gasteiger partial charge is 0.480 e. The summed E-state index contributed by atoms with van der Waals surface area (Å²) in [6, 6.07) is -4.02. The normalized spacial score (nSPS) is 19.9. The number of hydrogen-bond acceptors (Lipinski definition) is 7. The molecule has 0 spiro atoms. The van der Waals surface area contributed by atoms with Crippen LogP contribution < -0.4 is 22.1 Å². The van der Waals surface area contributed by atoms with Gasteiger partial charge < -0.3 is 37.2 Å². The summed E-state index contributed by atoms with van der Waals surface area (Å²) in [7, 11) is 0. The average Bonchev–Trinajstić information content (AvgIpc) is 3.25. The SMILES string of the molecule is CCC(C)C(N)C(=O)NC(CCCCN)C(=O)NC(CO)C(=O)N1CCCC1C(=O)O. The van der Waals surface area contributed by atoms with Crippen molar-refractivity contribution in [2.45, 2.75) is 76.5 Å². The summed E-state index contributed by atoms with van der Waals surface area (Å²) >= 11 is 0. The third kappa shape index (κ3) is 7.75. The van der Waals surface area contributed by atoms with Gasteiger partial charge in [-0.05, 0) is 44.6 Å². The van der Waals surface area contributed by atoms with Crippen molar-refractivity contribution in [2.75, 3.05) is 19.7 Å². The predicted molar refractivity (Wildman–Crippen MR) is 114 cm³/mol. The molecule has 11 nitrogen and oxygen atoms in total. The lowest BCUT2D eigenvalue weighted by atomic mass is 9.98. The van der Waals surface area contributed by atoms with E-state index >= 15 is 0 Å². The van der Waals surface area contributed by atoms with Crippen LogP contribution in [0.4, 0.5) is 0 Å². The maximum Gasteiger partial charge on any atom is 0.326 e. The number of nitrogens with zero attached hydrogens (tertiary/aromatic N) is 1. The van der Waals surface area contributed by atoms with E-state index in [1.54, 1.807) is 0 Å². The number of aliphatic carboxylic acids is 1. The molecule has 31 heavy (non-hydrogen) atoms. The minimum Gasteiger partial charge on any atom is -0.480 e. The van der Waals surface area contributed by atoms with Crippen molar-refractivity contribution >= 4 is 23.7 Å². The number of carboxylic acid groups (broad SMARTS) is 1. The highest BCUT2D eigenvalue weighted by Gasteiger charge is 2.38. The second-order valence-electron chi connectivity index (χ2n) is 8.03.